The van der Waals surface area contributed by atoms with Crippen LogP contribution in [-0.2, 0) is 11.3 Å². The molecule has 2 aromatic carbocycles. The van der Waals surface area contributed by atoms with Crippen molar-refractivity contribution in [2.24, 2.45) is 0 Å². The van der Waals surface area contributed by atoms with Crippen LogP contribution in [0.4, 0.5) is 0 Å². The highest BCUT2D eigenvalue weighted by Gasteiger charge is 2.33. The smallest absolute Gasteiger partial charge is 0.223 e. The third-order valence-corrected chi connectivity index (χ3v) is 5.58. The topological polar surface area (TPSA) is 38.1 Å². The Balaban J connectivity index is 1.78. The molecular formula is C20H19Cl2N3O. The standard InChI is InChI=1S/C20H19Cl2N3O/c1-2-24-11-14(9-19(24)26)20-23-17-5-3-4-6-18(17)25(20)12-13-7-8-15(21)10-16(13)22/h3-8,10,14H,2,9,11-12H2,1H3/t14-/m0/s1. The van der Waals surface area contributed by atoms with E-state index in [0.717, 1.165) is 29.0 Å². The summed E-state index contributed by atoms with van der Waals surface area (Å²) in [6, 6.07) is 13.6. The first-order valence-corrected chi connectivity index (χ1v) is 9.49. The van der Waals surface area contributed by atoms with Gasteiger partial charge in [0.1, 0.15) is 5.82 Å². The number of rotatable bonds is 4. The Kier molecular flexibility index (Phi) is 4.63. The van der Waals surface area contributed by atoms with Gasteiger partial charge in [0.2, 0.25) is 5.91 Å². The number of fused-ring (bicyclic) bond motifs is 1. The normalized spacial score (nSPS) is 17.4. The molecular weight excluding hydrogens is 369 g/mol. The van der Waals surface area contributed by atoms with Crippen LogP contribution < -0.4 is 0 Å². The lowest BCUT2D eigenvalue weighted by atomic mass is 10.1. The number of hydrogen-bond acceptors (Lipinski definition) is 2. The van der Waals surface area contributed by atoms with Crippen LogP contribution in [0.1, 0.15) is 30.7 Å². The van der Waals surface area contributed by atoms with Crippen LogP contribution in [0.15, 0.2) is 42.5 Å². The molecule has 0 N–H and O–H groups in total. The van der Waals surface area contributed by atoms with Gasteiger partial charge in [0.25, 0.3) is 0 Å². The fourth-order valence-corrected chi connectivity index (χ4v) is 4.11. The summed E-state index contributed by atoms with van der Waals surface area (Å²) in [4.78, 5) is 19.0. The molecule has 2 heterocycles. The fraction of sp³-hybridized carbons (Fsp3) is 0.300. The van der Waals surface area contributed by atoms with Gasteiger partial charge < -0.3 is 9.47 Å². The molecule has 1 saturated heterocycles. The van der Waals surface area contributed by atoms with E-state index in [2.05, 4.69) is 10.6 Å². The molecule has 0 radical (unpaired) electrons. The van der Waals surface area contributed by atoms with E-state index in [9.17, 15) is 4.79 Å². The summed E-state index contributed by atoms with van der Waals surface area (Å²) in [5.41, 5.74) is 2.98. The predicted octanol–water partition coefficient (Wildman–Crippen LogP) is 4.73. The van der Waals surface area contributed by atoms with Crippen LogP contribution in [0.5, 0.6) is 0 Å². The highest BCUT2D eigenvalue weighted by atomic mass is 35.5. The molecule has 26 heavy (non-hydrogen) atoms. The highest BCUT2D eigenvalue weighted by molar-refractivity contribution is 6.35. The van der Waals surface area contributed by atoms with Gasteiger partial charge in [-0.3, -0.25) is 4.79 Å². The zero-order valence-corrected chi connectivity index (χ0v) is 16.0. The van der Waals surface area contributed by atoms with Crippen molar-refractivity contribution in [2.75, 3.05) is 13.1 Å². The molecule has 1 aromatic heterocycles. The molecule has 3 aromatic rings. The van der Waals surface area contributed by atoms with Gasteiger partial charge in [-0.2, -0.15) is 0 Å². The van der Waals surface area contributed by atoms with Crippen molar-refractivity contribution >= 4 is 40.1 Å². The van der Waals surface area contributed by atoms with Crippen LogP contribution in [-0.4, -0.2) is 33.4 Å². The third kappa shape index (κ3) is 3.08. The average Bonchev–Trinajstić information content (AvgIpc) is 3.18. The number of likely N-dealkylation sites (tertiary alicyclic amines) is 1. The van der Waals surface area contributed by atoms with Crippen molar-refractivity contribution < 1.29 is 4.79 Å². The largest absolute Gasteiger partial charge is 0.342 e. The first kappa shape index (κ1) is 17.4. The van der Waals surface area contributed by atoms with Crippen molar-refractivity contribution in [3.05, 3.63) is 63.9 Å². The van der Waals surface area contributed by atoms with Crippen molar-refractivity contribution in [2.45, 2.75) is 25.8 Å². The molecule has 0 unspecified atom stereocenters. The van der Waals surface area contributed by atoms with Crippen molar-refractivity contribution in [3.8, 4) is 0 Å². The van der Waals surface area contributed by atoms with Crippen LogP contribution >= 0.6 is 23.2 Å². The molecule has 0 saturated carbocycles. The SMILES string of the molecule is CCN1C[C@@H](c2nc3ccccc3n2Cc2ccc(Cl)cc2Cl)CC1=O. The number of nitrogens with zero attached hydrogens (tertiary/aromatic N) is 3. The van der Waals surface area contributed by atoms with Gasteiger partial charge in [0.05, 0.1) is 17.6 Å². The number of amides is 1. The number of hydrogen-bond donors (Lipinski definition) is 0. The molecule has 0 bridgehead atoms. The molecule has 1 atom stereocenters. The summed E-state index contributed by atoms with van der Waals surface area (Å²) < 4.78 is 2.18. The maximum Gasteiger partial charge on any atom is 0.223 e. The van der Waals surface area contributed by atoms with Crippen molar-refractivity contribution in [3.63, 3.8) is 0 Å². The molecule has 1 fully saturated rings. The van der Waals surface area contributed by atoms with E-state index in [-0.39, 0.29) is 11.8 Å². The molecule has 134 valence electrons. The van der Waals surface area contributed by atoms with Gasteiger partial charge in [0.15, 0.2) is 0 Å². The summed E-state index contributed by atoms with van der Waals surface area (Å²) in [5, 5.41) is 1.26. The predicted molar refractivity (Wildman–Crippen MR) is 105 cm³/mol. The maximum atomic E-state index is 12.2. The summed E-state index contributed by atoms with van der Waals surface area (Å²) >= 11 is 12.4. The van der Waals surface area contributed by atoms with Gasteiger partial charge in [-0.05, 0) is 36.8 Å². The number of carbonyl (C=O) groups is 1. The maximum absolute atomic E-state index is 12.2. The number of halogens is 2. The van der Waals surface area contributed by atoms with Gasteiger partial charge in [-0.1, -0.05) is 41.4 Å². The van der Waals surface area contributed by atoms with E-state index in [1.54, 1.807) is 6.07 Å². The molecule has 1 aliphatic heterocycles. The minimum atomic E-state index is 0.0981. The Bertz CT molecular complexity index is 982. The molecule has 1 amide bonds. The lowest BCUT2D eigenvalue weighted by Crippen LogP contribution is -2.24. The minimum Gasteiger partial charge on any atom is -0.342 e. The van der Waals surface area contributed by atoms with E-state index in [0.29, 0.717) is 29.6 Å². The summed E-state index contributed by atoms with van der Waals surface area (Å²) in [5.74, 6) is 1.24. The Morgan fingerprint density at radius 2 is 2.00 bits per heavy atom. The molecule has 6 heteroatoms. The molecule has 4 rings (SSSR count). The van der Waals surface area contributed by atoms with E-state index in [1.807, 2.05) is 42.2 Å². The summed E-state index contributed by atoms with van der Waals surface area (Å²) in [6.07, 6.45) is 0.505. The molecule has 4 nitrogen and oxygen atoms in total. The summed E-state index contributed by atoms with van der Waals surface area (Å²) in [6.45, 7) is 4.06. The first-order valence-electron chi connectivity index (χ1n) is 8.73. The van der Waals surface area contributed by atoms with Crippen LogP contribution in [0, 0.1) is 0 Å². The van der Waals surface area contributed by atoms with Gasteiger partial charge in [0, 0.05) is 35.5 Å². The van der Waals surface area contributed by atoms with E-state index in [1.165, 1.54) is 0 Å². The molecule has 1 aliphatic rings. The van der Waals surface area contributed by atoms with Crippen LogP contribution in [0.2, 0.25) is 10.0 Å². The first-order chi connectivity index (χ1) is 12.6. The van der Waals surface area contributed by atoms with Crippen LogP contribution in [0.3, 0.4) is 0 Å². The van der Waals surface area contributed by atoms with E-state index < -0.39 is 0 Å². The average molecular weight is 388 g/mol. The number of imidazole rings is 1. The Morgan fingerprint density at radius 3 is 2.73 bits per heavy atom. The molecule has 0 spiro atoms. The second kappa shape index (κ2) is 6.93. The Morgan fingerprint density at radius 1 is 1.19 bits per heavy atom. The number of likely N-dealkylation sites (N-methyl/N-ethyl adjacent to an activating group) is 1. The number of para-hydroxylation sites is 2. The van der Waals surface area contributed by atoms with E-state index >= 15 is 0 Å². The minimum absolute atomic E-state index is 0.0981. The second-order valence-corrected chi connectivity index (χ2v) is 7.46. The Labute approximate surface area is 162 Å². The van der Waals surface area contributed by atoms with Gasteiger partial charge >= 0.3 is 0 Å². The lowest BCUT2D eigenvalue weighted by molar-refractivity contribution is -0.127. The fourth-order valence-electron chi connectivity index (χ4n) is 3.64. The van der Waals surface area contributed by atoms with Crippen LogP contribution in [0.25, 0.3) is 11.0 Å². The van der Waals surface area contributed by atoms with E-state index in [4.69, 9.17) is 28.2 Å². The van der Waals surface area contributed by atoms with Gasteiger partial charge in [-0.25, -0.2) is 4.98 Å². The zero-order chi connectivity index (χ0) is 18.3. The number of carbonyl (C=O) groups excluding carboxylic acids is 1. The second-order valence-electron chi connectivity index (χ2n) is 6.61. The third-order valence-electron chi connectivity index (χ3n) is 4.99. The number of benzene rings is 2. The quantitative estimate of drug-likeness (QED) is 0.648. The monoisotopic (exact) mass is 387 g/mol. The van der Waals surface area contributed by atoms with Crippen molar-refractivity contribution in [1.29, 1.82) is 0 Å². The highest BCUT2D eigenvalue weighted by Crippen LogP contribution is 2.32. The Hall–Kier alpha value is -2.04. The lowest BCUT2D eigenvalue weighted by Gasteiger charge is -2.16. The number of aromatic nitrogens is 2. The molecule has 0 aliphatic carbocycles. The van der Waals surface area contributed by atoms with Crippen molar-refractivity contribution in [1.82, 2.24) is 14.5 Å². The summed E-state index contributed by atoms with van der Waals surface area (Å²) in [7, 11) is 0. The van der Waals surface area contributed by atoms with Gasteiger partial charge in [-0.15, -0.1) is 0 Å². The zero-order valence-electron chi connectivity index (χ0n) is 14.5.